The van der Waals surface area contributed by atoms with Crippen molar-refractivity contribution in [3.63, 3.8) is 0 Å². The number of hydrogen-bond donors (Lipinski definition) is 2. The lowest BCUT2D eigenvalue weighted by Gasteiger charge is -2.39. The summed E-state index contributed by atoms with van der Waals surface area (Å²) in [7, 11) is 0. The summed E-state index contributed by atoms with van der Waals surface area (Å²) in [5, 5.41) is 5.92. The lowest BCUT2D eigenvalue weighted by molar-refractivity contribution is -0.130. The lowest BCUT2D eigenvalue weighted by atomic mass is 9.90. The van der Waals surface area contributed by atoms with Crippen LogP contribution in [0.2, 0.25) is 0 Å². The van der Waals surface area contributed by atoms with E-state index in [1.54, 1.807) is 43.3 Å². The molecule has 0 radical (unpaired) electrons. The van der Waals surface area contributed by atoms with E-state index in [1.807, 2.05) is 0 Å². The first-order valence-corrected chi connectivity index (χ1v) is 10.1. The zero-order valence-electron chi connectivity index (χ0n) is 16.4. The molecule has 1 unspecified atom stereocenters. The second-order valence-electron chi connectivity index (χ2n) is 7.94. The van der Waals surface area contributed by atoms with Crippen molar-refractivity contribution in [2.75, 3.05) is 10.2 Å². The first kappa shape index (κ1) is 19.2. The Morgan fingerprint density at radius 1 is 1.14 bits per heavy atom. The molecule has 7 nitrogen and oxygen atoms in total. The van der Waals surface area contributed by atoms with E-state index in [0.717, 1.165) is 25.7 Å². The minimum atomic E-state index is -1.39. The molecule has 1 aromatic heterocycles. The van der Waals surface area contributed by atoms with Crippen molar-refractivity contribution < 1.29 is 18.8 Å². The van der Waals surface area contributed by atoms with Gasteiger partial charge in [0.2, 0.25) is 11.8 Å². The number of nitrogens with zero attached hydrogens (tertiary/aromatic N) is 1. The Balaban J connectivity index is 1.76. The van der Waals surface area contributed by atoms with Crippen molar-refractivity contribution >= 4 is 29.1 Å². The van der Waals surface area contributed by atoms with Gasteiger partial charge in [-0.2, -0.15) is 0 Å². The Labute approximate surface area is 169 Å². The first-order chi connectivity index (χ1) is 14.0. The summed E-state index contributed by atoms with van der Waals surface area (Å²) >= 11 is 0. The number of rotatable bonds is 3. The van der Waals surface area contributed by atoms with Gasteiger partial charge in [0, 0.05) is 6.04 Å². The molecule has 1 aliphatic heterocycles. The number of amides is 3. The van der Waals surface area contributed by atoms with Gasteiger partial charge >= 0.3 is 0 Å². The van der Waals surface area contributed by atoms with Gasteiger partial charge in [-0.1, -0.05) is 31.4 Å². The second-order valence-corrected chi connectivity index (χ2v) is 7.94. The fraction of sp³-hybridized carbons (Fsp3) is 0.409. The van der Waals surface area contributed by atoms with E-state index in [9.17, 15) is 14.4 Å². The molecule has 1 fully saturated rings. The van der Waals surface area contributed by atoms with Gasteiger partial charge in [-0.15, -0.1) is 0 Å². The Morgan fingerprint density at radius 3 is 2.62 bits per heavy atom. The minimum absolute atomic E-state index is 0.0650. The smallest absolute Gasteiger partial charge is 0.294 e. The number of para-hydroxylation sites is 2. The predicted molar refractivity (Wildman–Crippen MR) is 109 cm³/mol. The molecule has 1 aliphatic carbocycles. The molecule has 0 saturated heterocycles. The standard InChI is InChI=1S/C22H25N3O4/c1-22(21(28)23-15-8-3-2-4-9-15)14-19(26)24-16-10-5-6-11-17(16)25(22)20(27)18-12-7-13-29-18/h5-7,10-13,15H,2-4,8-9,14H2,1H3,(H,23,28)(H,24,26). The van der Waals surface area contributed by atoms with Gasteiger partial charge in [-0.05, 0) is 44.0 Å². The Kier molecular flexibility index (Phi) is 5.13. The van der Waals surface area contributed by atoms with Gasteiger partial charge < -0.3 is 15.1 Å². The summed E-state index contributed by atoms with van der Waals surface area (Å²) in [5.74, 6) is -0.976. The molecule has 2 N–H and O–H groups in total. The molecule has 3 amide bonds. The average molecular weight is 395 g/mol. The molecule has 1 atom stereocenters. The zero-order chi connectivity index (χ0) is 20.4. The van der Waals surface area contributed by atoms with Crippen LogP contribution in [0.5, 0.6) is 0 Å². The van der Waals surface area contributed by atoms with Crippen LogP contribution < -0.4 is 15.5 Å². The molecular formula is C22H25N3O4. The number of nitrogens with one attached hydrogen (secondary N) is 2. The van der Waals surface area contributed by atoms with Crippen LogP contribution in [0, 0.1) is 0 Å². The number of hydrogen-bond acceptors (Lipinski definition) is 4. The molecular weight excluding hydrogens is 370 g/mol. The molecule has 29 heavy (non-hydrogen) atoms. The largest absolute Gasteiger partial charge is 0.459 e. The van der Waals surface area contributed by atoms with Crippen molar-refractivity contribution in [3.05, 3.63) is 48.4 Å². The van der Waals surface area contributed by atoms with E-state index in [-0.39, 0.29) is 30.0 Å². The van der Waals surface area contributed by atoms with Gasteiger partial charge in [0.15, 0.2) is 5.76 Å². The zero-order valence-corrected chi connectivity index (χ0v) is 16.4. The summed E-state index contributed by atoms with van der Waals surface area (Å²) in [6, 6.07) is 10.3. The van der Waals surface area contributed by atoms with Crippen LogP contribution in [0.4, 0.5) is 11.4 Å². The van der Waals surface area contributed by atoms with Crippen molar-refractivity contribution in [2.24, 2.45) is 0 Å². The van der Waals surface area contributed by atoms with E-state index in [1.165, 1.54) is 17.6 Å². The van der Waals surface area contributed by atoms with E-state index in [2.05, 4.69) is 10.6 Å². The van der Waals surface area contributed by atoms with E-state index < -0.39 is 11.4 Å². The SMILES string of the molecule is CC1(C(=O)NC2CCCCC2)CC(=O)Nc2ccccc2N1C(=O)c1ccco1. The number of fused-ring (bicyclic) bond motifs is 1. The van der Waals surface area contributed by atoms with Crippen LogP contribution in [-0.4, -0.2) is 29.3 Å². The number of carbonyl (C=O) groups is 3. The molecule has 2 aliphatic rings. The average Bonchev–Trinajstić information content (AvgIpc) is 3.21. The monoisotopic (exact) mass is 395 g/mol. The molecule has 0 bridgehead atoms. The molecule has 152 valence electrons. The third-order valence-corrected chi connectivity index (χ3v) is 5.78. The van der Waals surface area contributed by atoms with Gasteiger partial charge in [-0.3, -0.25) is 19.3 Å². The number of carbonyl (C=O) groups excluding carboxylic acids is 3. The maximum Gasteiger partial charge on any atom is 0.294 e. The molecule has 1 saturated carbocycles. The van der Waals surface area contributed by atoms with E-state index >= 15 is 0 Å². The summed E-state index contributed by atoms with van der Waals surface area (Å²) < 4.78 is 5.33. The topological polar surface area (TPSA) is 91.7 Å². The lowest BCUT2D eigenvalue weighted by Crippen LogP contribution is -2.61. The van der Waals surface area contributed by atoms with Crippen LogP contribution in [0.3, 0.4) is 0 Å². The van der Waals surface area contributed by atoms with Gasteiger partial charge in [0.25, 0.3) is 5.91 Å². The van der Waals surface area contributed by atoms with Gasteiger partial charge in [-0.25, -0.2) is 0 Å². The highest BCUT2D eigenvalue weighted by molar-refractivity contribution is 6.15. The van der Waals surface area contributed by atoms with Crippen LogP contribution >= 0.6 is 0 Å². The minimum Gasteiger partial charge on any atom is -0.459 e. The van der Waals surface area contributed by atoms with Gasteiger partial charge in [0.1, 0.15) is 5.54 Å². The van der Waals surface area contributed by atoms with E-state index in [0.29, 0.717) is 11.4 Å². The molecule has 4 rings (SSSR count). The first-order valence-electron chi connectivity index (χ1n) is 10.1. The number of benzene rings is 1. The Hall–Kier alpha value is -3.09. The van der Waals surface area contributed by atoms with Crippen LogP contribution in [0.15, 0.2) is 47.1 Å². The predicted octanol–water partition coefficient (Wildman–Crippen LogP) is 3.48. The maximum absolute atomic E-state index is 13.5. The van der Waals surface area contributed by atoms with Crippen LogP contribution in [0.1, 0.15) is 56.0 Å². The number of furan rings is 1. The molecule has 2 heterocycles. The van der Waals surface area contributed by atoms with Crippen molar-refractivity contribution in [1.82, 2.24) is 5.32 Å². The summed E-state index contributed by atoms with van der Waals surface area (Å²) in [5.41, 5.74) is -0.425. The highest BCUT2D eigenvalue weighted by Crippen LogP contribution is 2.38. The summed E-state index contributed by atoms with van der Waals surface area (Å²) in [6.07, 6.45) is 6.41. The maximum atomic E-state index is 13.5. The Bertz CT molecular complexity index is 918. The second kappa shape index (κ2) is 7.73. The third-order valence-electron chi connectivity index (χ3n) is 5.78. The quantitative estimate of drug-likeness (QED) is 0.832. The summed E-state index contributed by atoms with van der Waals surface area (Å²) in [4.78, 5) is 40.9. The normalized spacial score (nSPS) is 22.4. The van der Waals surface area contributed by atoms with Gasteiger partial charge in [0.05, 0.1) is 24.1 Å². The fourth-order valence-electron chi connectivity index (χ4n) is 4.24. The van der Waals surface area contributed by atoms with Crippen LogP contribution in [0.25, 0.3) is 0 Å². The molecule has 1 aromatic carbocycles. The highest BCUT2D eigenvalue weighted by Gasteiger charge is 2.48. The summed E-state index contributed by atoms with van der Waals surface area (Å²) in [6.45, 7) is 1.65. The van der Waals surface area contributed by atoms with Crippen molar-refractivity contribution in [3.8, 4) is 0 Å². The van der Waals surface area contributed by atoms with Crippen molar-refractivity contribution in [2.45, 2.75) is 57.0 Å². The molecule has 0 spiro atoms. The highest BCUT2D eigenvalue weighted by atomic mass is 16.3. The van der Waals surface area contributed by atoms with E-state index in [4.69, 9.17) is 4.42 Å². The fourth-order valence-corrected chi connectivity index (χ4v) is 4.24. The number of anilines is 2. The molecule has 7 heteroatoms. The van der Waals surface area contributed by atoms with Crippen LogP contribution in [-0.2, 0) is 9.59 Å². The molecule has 2 aromatic rings. The third kappa shape index (κ3) is 3.64. The van der Waals surface area contributed by atoms with Crippen molar-refractivity contribution in [1.29, 1.82) is 0 Å². The Morgan fingerprint density at radius 2 is 1.90 bits per heavy atom.